The second-order valence-electron chi connectivity index (χ2n) is 5.18. The molecule has 0 unspecified atom stereocenters. The Balaban J connectivity index is 2.70. The molecule has 2 rings (SSSR count). The van der Waals surface area contributed by atoms with E-state index >= 15 is 0 Å². The van der Waals surface area contributed by atoms with Crippen LogP contribution >= 0.6 is 0 Å². The van der Waals surface area contributed by atoms with Crippen LogP contribution in [0, 0.1) is 10.1 Å². The minimum absolute atomic E-state index is 0.0941. The van der Waals surface area contributed by atoms with E-state index < -0.39 is 0 Å². The average Bonchev–Trinajstić information content (AvgIpc) is 2.76. The first-order chi connectivity index (χ1) is 8.95. The Morgan fingerprint density at radius 3 is 2.58 bits per heavy atom. The predicted molar refractivity (Wildman–Crippen MR) is 75.5 cm³/mol. The maximum Gasteiger partial charge on any atom is 0.271 e. The van der Waals surface area contributed by atoms with Gasteiger partial charge in [-0.25, -0.2) is 4.98 Å². The van der Waals surface area contributed by atoms with Gasteiger partial charge >= 0.3 is 0 Å². The lowest BCUT2D eigenvalue weighted by atomic mass is 10.1. The Morgan fingerprint density at radius 2 is 2.05 bits per heavy atom. The summed E-state index contributed by atoms with van der Waals surface area (Å²) >= 11 is 0. The number of fused-ring (bicyclic) bond motifs is 1. The largest absolute Gasteiger partial charge is 0.325 e. The van der Waals surface area contributed by atoms with E-state index in [2.05, 4.69) is 37.2 Å². The fourth-order valence-corrected chi connectivity index (χ4v) is 2.27. The Morgan fingerprint density at radius 1 is 1.37 bits per heavy atom. The summed E-state index contributed by atoms with van der Waals surface area (Å²) in [7, 11) is 0. The van der Waals surface area contributed by atoms with E-state index in [0.717, 1.165) is 17.8 Å². The normalized spacial score (nSPS) is 13.1. The van der Waals surface area contributed by atoms with Gasteiger partial charge < -0.3 is 4.57 Å². The van der Waals surface area contributed by atoms with E-state index in [1.54, 1.807) is 18.2 Å². The van der Waals surface area contributed by atoms with E-state index in [1.807, 2.05) is 0 Å². The van der Waals surface area contributed by atoms with Crippen molar-refractivity contribution < 1.29 is 4.92 Å². The molecule has 0 bridgehead atoms. The van der Waals surface area contributed by atoms with Crippen LogP contribution in [0.15, 0.2) is 18.2 Å². The first-order valence-electron chi connectivity index (χ1n) is 6.62. The molecule has 102 valence electrons. The smallest absolute Gasteiger partial charge is 0.271 e. The monoisotopic (exact) mass is 261 g/mol. The molecule has 0 saturated carbocycles. The van der Waals surface area contributed by atoms with Crippen molar-refractivity contribution in [1.82, 2.24) is 9.55 Å². The van der Waals surface area contributed by atoms with Gasteiger partial charge in [0.2, 0.25) is 0 Å². The molecule has 0 saturated heterocycles. The second-order valence-corrected chi connectivity index (χ2v) is 5.18. The van der Waals surface area contributed by atoms with E-state index in [-0.39, 0.29) is 10.6 Å². The van der Waals surface area contributed by atoms with E-state index in [1.165, 1.54) is 0 Å². The minimum atomic E-state index is -0.378. The number of hydrogen-bond acceptors (Lipinski definition) is 3. The summed E-state index contributed by atoms with van der Waals surface area (Å²) in [6.45, 7) is 8.46. The number of benzene rings is 1. The minimum Gasteiger partial charge on any atom is -0.325 e. The van der Waals surface area contributed by atoms with Crippen molar-refractivity contribution in [1.29, 1.82) is 0 Å². The highest BCUT2D eigenvalue weighted by Crippen LogP contribution is 2.29. The van der Waals surface area contributed by atoms with Crippen LogP contribution in [-0.2, 0) is 0 Å². The Bertz CT molecular complexity index is 616. The van der Waals surface area contributed by atoms with E-state index in [9.17, 15) is 10.1 Å². The fourth-order valence-electron chi connectivity index (χ4n) is 2.27. The first kappa shape index (κ1) is 13.5. The van der Waals surface area contributed by atoms with Crippen molar-refractivity contribution in [3.05, 3.63) is 34.1 Å². The highest BCUT2D eigenvalue weighted by Gasteiger charge is 2.19. The third-order valence-electron chi connectivity index (χ3n) is 3.46. The number of nitrogens with zero attached hydrogens (tertiary/aromatic N) is 3. The number of hydrogen-bond donors (Lipinski definition) is 0. The number of imidazole rings is 1. The molecule has 19 heavy (non-hydrogen) atoms. The molecule has 2 aromatic rings. The molecular weight excluding hydrogens is 242 g/mol. The van der Waals surface area contributed by atoms with Crippen LogP contribution in [0.1, 0.15) is 51.9 Å². The first-order valence-corrected chi connectivity index (χ1v) is 6.62. The molecule has 1 atom stereocenters. The van der Waals surface area contributed by atoms with Crippen molar-refractivity contribution in [3.8, 4) is 0 Å². The van der Waals surface area contributed by atoms with Gasteiger partial charge in [-0.3, -0.25) is 10.1 Å². The molecule has 5 heteroatoms. The Labute approximate surface area is 112 Å². The van der Waals surface area contributed by atoms with E-state index in [4.69, 9.17) is 0 Å². The van der Waals surface area contributed by atoms with Crippen molar-refractivity contribution in [2.75, 3.05) is 0 Å². The molecule has 0 N–H and O–H groups in total. The number of nitro benzene ring substituents is 1. The second kappa shape index (κ2) is 4.99. The summed E-state index contributed by atoms with van der Waals surface area (Å²) < 4.78 is 2.20. The molecule has 0 fully saturated rings. The van der Waals surface area contributed by atoms with Gasteiger partial charge in [-0.2, -0.15) is 0 Å². The van der Waals surface area contributed by atoms with Gasteiger partial charge in [-0.05, 0) is 19.4 Å². The Hall–Kier alpha value is -1.91. The van der Waals surface area contributed by atoms with Gasteiger partial charge in [-0.15, -0.1) is 0 Å². The average molecular weight is 261 g/mol. The highest BCUT2D eigenvalue weighted by atomic mass is 16.6. The lowest BCUT2D eigenvalue weighted by Gasteiger charge is -2.17. The quantitative estimate of drug-likeness (QED) is 0.616. The summed E-state index contributed by atoms with van der Waals surface area (Å²) in [6.07, 6.45) is 1.00. The number of non-ortho nitro benzene ring substituents is 1. The van der Waals surface area contributed by atoms with Crippen LogP contribution in [0.4, 0.5) is 5.69 Å². The molecule has 0 aliphatic heterocycles. The predicted octanol–water partition coefficient (Wildman–Crippen LogP) is 4.04. The van der Waals surface area contributed by atoms with Crippen LogP contribution in [-0.4, -0.2) is 14.5 Å². The van der Waals surface area contributed by atoms with Crippen molar-refractivity contribution in [2.45, 2.75) is 46.1 Å². The molecule has 1 aromatic heterocycles. The number of aromatic nitrogens is 2. The van der Waals surface area contributed by atoms with Gasteiger partial charge in [0.25, 0.3) is 5.69 Å². The lowest BCUT2D eigenvalue weighted by Crippen LogP contribution is -2.09. The van der Waals surface area contributed by atoms with Gasteiger partial charge in [0.15, 0.2) is 0 Å². The molecule has 0 spiro atoms. The number of rotatable bonds is 4. The summed E-state index contributed by atoms with van der Waals surface area (Å²) in [5.41, 5.74) is 1.78. The zero-order valence-corrected chi connectivity index (χ0v) is 11.8. The van der Waals surface area contributed by atoms with Crippen LogP contribution < -0.4 is 0 Å². The standard InChI is InChI=1S/C14H19N3O2/c1-5-10(4)16-13-7-6-11(17(18)19)8-12(13)15-14(16)9(2)3/h6-10H,5H2,1-4H3/t10-/m0/s1. The molecule has 0 aliphatic rings. The zero-order chi connectivity index (χ0) is 14.2. The third kappa shape index (κ3) is 2.32. The molecule has 0 aliphatic carbocycles. The zero-order valence-electron chi connectivity index (χ0n) is 11.8. The summed E-state index contributed by atoms with van der Waals surface area (Å²) in [6, 6.07) is 5.25. The summed E-state index contributed by atoms with van der Waals surface area (Å²) in [4.78, 5) is 15.0. The topological polar surface area (TPSA) is 61.0 Å². The van der Waals surface area contributed by atoms with Gasteiger partial charge in [-0.1, -0.05) is 20.8 Å². The fraction of sp³-hybridized carbons (Fsp3) is 0.500. The third-order valence-corrected chi connectivity index (χ3v) is 3.46. The molecule has 0 radical (unpaired) electrons. The van der Waals surface area contributed by atoms with Gasteiger partial charge in [0.1, 0.15) is 5.82 Å². The van der Waals surface area contributed by atoms with Crippen LogP contribution in [0.2, 0.25) is 0 Å². The molecule has 5 nitrogen and oxygen atoms in total. The summed E-state index contributed by atoms with van der Waals surface area (Å²) in [5, 5.41) is 10.8. The van der Waals surface area contributed by atoms with Gasteiger partial charge in [0, 0.05) is 24.1 Å². The molecule has 1 heterocycles. The van der Waals surface area contributed by atoms with E-state index in [0.29, 0.717) is 17.5 Å². The number of nitro groups is 1. The van der Waals surface area contributed by atoms with Crippen molar-refractivity contribution in [2.24, 2.45) is 0 Å². The van der Waals surface area contributed by atoms with Crippen LogP contribution in [0.3, 0.4) is 0 Å². The molecular formula is C14H19N3O2. The molecule has 1 aromatic carbocycles. The SMILES string of the molecule is CC[C@H](C)n1c(C(C)C)nc2cc([N+](=O)[O-])ccc21. The van der Waals surface area contributed by atoms with Crippen LogP contribution in [0.5, 0.6) is 0 Å². The van der Waals surface area contributed by atoms with Crippen molar-refractivity contribution >= 4 is 16.7 Å². The van der Waals surface area contributed by atoms with Crippen molar-refractivity contribution in [3.63, 3.8) is 0 Å². The van der Waals surface area contributed by atoms with Gasteiger partial charge in [0.05, 0.1) is 16.0 Å². The Kier molecular flexibility index (Phi) is 3.55. The summed E-state index contributed by atoms with van der Waals surface area (Å²) in [5.74, 6) is 1.28. The maximum absolute atomic E-state index is 10.8. The maximum atomic E-state index is 10.8. The van der Waals surface area contributed by atoms with Crippen LogP contribution in [0.25, 0.3) is 11.0 Å². The lowest BCUT2D eigenvalue weighted by molar-refractivity contribution is -0.384. The highest BCUT2D eigenvalue weighted by molar-refractivity contribution is 5.79. The molecule has 0 amide bonds.